The fourth-order valence-electron chi connectivity index (χ4n) is 4.17. The van der Waals surface area contributed by atoms with Crippen LogP contribution in [0.3, 0.4) is 0 Å². The monoisotopic (exact) mass is 448 g/mol. The maximum Gasteiger partial charge on any atom is 0.283 e. The van der Waals surface area contributed by atoms with Crippen molar-refractivity contribution in [1.29, 1.82) is 0 Å². The van der Waals surface area contributed by atoms with Crippen molar-refractivity contribution >= 4 is 39.0 Å². The first-order valence-corrected chi connectivity index (χ1v) is 11.2. The Hall–Kier alpha value is -4.45. The highest BCUT2D eigenvalue weighted by Crippen LogP contribution is 2.39. The van der Waals surface area contributed by atoms with Crippen LogP contribution in [0.25, 0.3) is 21.7 Å². The molecule has 6 nitrogen and oxygen atoms in total. The summed E-state index contributed by atoms with van der Waals surface area (Å²) in [5.74, 6) is -0.413. The molecule has 0 unspecified atom stereocenters. The maximum atomic E-state index is 12.5. The quantitative estimate of drug-likeness (QED) is 0.280. The maximum absolute atomic E-state index is 12.5. The molecule has 5 rings (SSSR count). The van der Waals surface area contributed by atoms with Crippen molar-refractivity contribution in [2.75, 3.05) is 11.9 Å². The number of para-hydroxylation sites is 1. The SMILES string of the molecule is O=C(CNc1cccc2ccccc12)N=Nc1c(O)n(CCc2ccccc2)c2ccccc12. The lowest BCUT2D eigenvalue weighted by molar-refractivity contribution is -0.116. The first-order chi connectivity index (χ1) is 16.7. The third-order valence-electron chi connectivity index (χ3n) is 5.87. The van der Waals surface area contributed by atoms with Gasteiger partial charge < -0.3 is 15.0 Å². The van der Waals surface area contributed by atoms with Gasteiger partial charge in [0.15, 0.2) is 5.69 Å². The molecule has 1 heterocycles. The van der Waals surface area contributed by atoms with E-state index >= 15 is 0 Å². The highest BCUT2D eigenvalue weighted by molar-refractivity contribution is 5.96. The number of aromatic hydroxyl groups is 1. The first kappa shape index (κ1) is 21.4. The number of hydrogen-bond acceptors (Lipinski definition) is 4. The van der Waals surface area contributed by atoms with Crippen LogP contribution in [-0.2, 0) is 17.8 Å². The predicted molar refractivity (Wildman–Crippen MR) is 136 cm³/mol. The van der Waals surface area contributed by atoms with Crippen molar-refractivity contribution in [3.63, 3.8) is 0 Å². The third kappa shape index (κ3) is 4.38. The largest absolute Gasteiger partial charge is 0.493 e. The molecule has 0 aliphatic carbocycles. The number of azo groups is 1. The summed E-state index contributed by atoms with van der Waals surface area (Å²) < 4.78 is 1.81. The lowest BCUT2D eigenvalue weighted by Gasteiger charge is -2.07. The number of hydrogen-bond donors (Lipinski definition) is 2. The smallest absolute Gasteiger partial charge is 0.283 e. The second-order valence-electron chi connectivity index (χ2n) is 8.05. The molecule has 0 radical (unpaired) electrons. The Kier molecular flexibility index (Phi) is 6.03. The van der Waals surface area contributed by atoms with Gasteiger partial charge in [-0.05, 0) is 29.5 Å². The number of carbonyl (C=O) groups excluding carboxylic acids is 1. The Bertz CT molecular complexity index is 1480. The van der Waals surface area contributed by atoms with E-state index in [1.807, 2.05) is 89.5 Å². The van der Waals surface area contributed by atoms with Gasteiger partial charge in [-0.15, -0.1) is 10.2 Å². The molecule has 0 aliphatic heterocycles. The van der Waals surface area contributed by atoms with Gasteiger partial charge in [0.1, 0.15) is 0 Å². The molecular formula is C28H24N4O2. The van der Waals surface area contributed by atoms with Crippen molar-refractivity contribution < 1.29 is 9.90 Å². The van der Waals surface area contributed by atoms with Crippen LogP contribution in [0.2, 0.25) is 0 Å². The number of aryl methyl sites for hydroxylation is 2. The summed E-state index contributed by atoms with van der Waals surface area (Å²) in [6.07, 6.45) is 0.761. The van der Waals surface area contributed by atoms with Gasteiger partial charge in [-0.3, -0.25) is 4.79 Å². The van der Waals surface area contributed by atoms with E-state index in [9.17, 15) is 9.90 Å². The minimum atomic E-state index is -0.423. The van der Waals surface area contributed by atoms with Crippen LogP contribution in [0.15, 0.2) is 107 Å². The Morgan fingerprint density at radius 3 is 2.38 bits per heavy atom. The van der Waals surface area contributed by atoms with Crippen molar-refractivity contribution in [1.82, 2.24) is 4.57 Å². The van der Waals surface area contributed by atoms with Crippen LogP contribution in [0.4, 0.5) is 11.4 Å². The van der Waals surface area contributed by atoms with Gasteiger partial charge in [0.2, 0.25) is 5.88 Å². The highest BCUT2D eigenvalue weighted by atomic mass is 16.3. The van der Waals surface area contributed by atoms with E-state index < -0.39 is 5.91 Å². The van der Waals surface area contributed by atoms with E-state index in [1.165, 1.54) is 5.56 Å². The number of benzene rings is 4. The molecule has 5 aromatic rings. The normalized spacial score (nSPS) is 11.4. The van der Waals surface area contributed by atoms with Crippen molar-refractivity contribution in [3.05, 3.63) is 103 Å². The zero-order chi connectivity index (χ0) is 23.3. The summed E-state index contributed by atoms with van der Waals surface area (Å²) in [6, 6.07) is 31.6. The molecule has 34 heavy (non-hydrogen) atoms. The molecule has 0 atom stereocenters. The molecule has 6 heteroatoms. The van der Waals surface area contributed by atoms with Crippen LogP contribution in [-0.4, -0.2) is 22.1 Å². The van der Waals surface area contributed by atoms with E-state index in [-0.39, 0.29) is 12.4 Å². The molecule has 0 saturated heterocycles. The lowest BCUT2D eigenvalue weighted by atomic mass is 10.1. The second kappa shape index (κ2) is 9.58. The minimum Gasteiger partial charge on any atom is -0.493 e. The molecule has 0 saturated carbocycles. The van der Waals surface area contributed by atoms with E-state index in [0.29, 0.717) is 12.2 Å². The standard InChI is InChI=1S/C28H24N4O2/c33-26(19-29-24-15-8-12-21-11-4-5-13-22(21)24)30-31-27-23-14-6-7-16-25(23)32(28(27)34)18-17-20-9-2-1-3-10-20/h1-16,29,34H,17-19H2. The van der Waals surface area contributed by atoms with E-state index in [1.54, 1.807) is 0 Å². The van der Waals surface area contributed by atoms with Gasteiger partial charge in [-0.1, -0.05) is 84.9 Å². The molecule has 0 spiro atoms. The molecule has 4 aromatic carbocycles. The van der Waals surface area contributed by atoms with Gasteiger partial charge >= 0.3 is 0 Å². The van der Waals surface area contributed by atoms with Gasteiger partial charge in [-0.25, -0.2) is 0 Å². The van der Waals surface area contributed by atoms with Crippen LogP contribution in [0, 0.1) is 0 Å². The van der Waals surface area contributed by atoms with Gasteiger partial charge in [0.05, 0.1) is 12.1 Å². The van der Waals surface area contributed by atoms with Crippen LogP contribution < -0.4 is 5.32 Å². The Morgan fingerprint density at radius 1 is 0.824 bits per heavy atom. The summed E-state index contributed by atoms with van der Waals surface area (Å²) in [7, 11) is 0. The number of rotatable bonds is 7. The predicted octanol–water partition coefficient (Wildman–Crippen LogP) is 6.47. The fourth-order valence-corrected chi connectivity index (χ4v) is 4.17. The van der Waals surface area contributed by atoms with Crippen molar-refractivity contribution in [3.8, 4) is 5.88 Å². The molecule has 1 aromatic heterocycles. The topological polar surface area (TPSA) is 79.0 Å². The first-order valence-electron chi connectivity index (χ1n) is 11.2. The molecule has 0 aliphatic rings. The summed E-state index contributed by atoms with van der Waals surface area (Å²) in [5.41, 5.74) is 3.20. The molecule has 168 valence electrons. The van der Waals surface area contributed by atoms with Gasteiger partial charge in [0.25, 0.3) is 5.91 Å². The average Bonchev–Trinajstić information content (AvgIpc) is 3.15. The lowest BCUT2D eigenvalue weighted by Crippen LogP contribution is -2.11. The summed E-state index contributed by atoms with van der Waals surface area (Å²) >= 11 is 0. The molecule has 0 bridgehead atoms. The Morgan fingerprint density at radius 2 is 1.53 bits per heavy atom. The van der Waals surface area contributed by atoms with Crippen molar-refractivity contribution in [2.45, 2.75) is 13.0 Å². The second-order valence-corrected chi connectivity index (χ2v) is 8.05. The minimum absolute atomic E-state index is 0.00488. The molecule has 0 fully saturated rings. The molecular weight excluding hydrogens is 424 g/mol. The number of anilines is 1. The van der Waals surface area contributed by atoms with E-state index in [2.05, 4.69) is 27.7 Å². The zero-order valence-corrected chi connectivity index (χ0v) is 18.6. The van der Waals surface area contributed by atoms with Crippen molar-refractivity contribution in [2.24, 2.45) is 10.2 Å². The molecule has 2 N–H and O–H groups in total. The van der Waals surface area contributed by atoms with Crippen LogP contribution in [0.1, 0.15) is 5.56 Å². The Balaban J connectivity index is 1.34. The third-order valence-corrected chi connectivity index (χ3v) is 5.87. The fraction of sp³-hybridized carbons (Fsp3) is 0.107. The Labute approximate surface area is 197 Å². The van der Waals surface area contributed by atoms with Crippen LogP contribution >= 0.6 is 0 Å². The zero-order valence-electron chi connectivity index (χ0n) is 18.6. The number of carbonyl (C=O) groups is 1. The summed E-state index contributed by atoms with van der Waals surface area (Å²) in [4.78, 5) is 12.5. The van der Waals surface area contributed by atoms with E-state index in [0.717, 1.165) is 33.8 Å². The average molecular weight is 449 g/mol. The number of aromatic nitrogens is 1. The summed E-state index contributed by atoms with van der Waals surface area (Å²) in [6.45, 7) is 0.591. The number of nitrogens with zero attached hydrogens (tertiary/aromatic N) is 3. The van der Waals surface area contributed by atoms with Gasteiger partial charge in [0, 0.05) is 23.0 Å². The van der Waals surface area contributed by atoms with E-state index in [4.69, 9.17) is 0 Å². The molecule has 1 amide bonds. The highest BCUT2D eigenvalue weighted by Gasteiger charge is 2.16. The number of amides is 1. The van der Waals surface area contributed by atoms with Gasteiger partial charge in [-0.2, -0.15) is 0 Å². The van der Waals surface area contributed by atoms with Crippen LogP contribution in [0.5, 0.6) is 5.88 Å². The summed E-state index contributed by atoms with van der Waals surface area (Å²) in [5, 5.41) is 25.0. The number of fused-ring (bicyclic) bond motifs is 2. The number of nitrogens with one attached hydrogen (secondary N) is 1.